The normalized spacial score (nSPS) is 27.3. The van der Waals surface area contributed by atoms with Crippen molar-refractivity contribution in [1.82, 2.24) is 4.90 Å². The van der Waals surface area contributed by atoms with E-state index in [0.29, 0.717) is 26.3 Å². The summed E-state index contributed by atoms with van der Waals surface area (Å²) in [6.45, 7) is 6.59. The lowest BCUT2D eigenvalue weighted by molar-refractivity contribution is -0.161. The molecule has 16 heavy (non-hydrogen) atoms. The lowest BCUT2D eigenvalue weighted by atomic mass is 9.67. The van der Waals surface area contributed by atoms with Gasteiger partial charge in [0, 0.05) is 13.1 Å². The van der Waals surface area contributed by atoms with Gasteiger partial charge in [0.1, 0.15) is 0 Å². The first-order valence-corrected chi connectivity index (χ1v) is 6.12. The lowest BCUT2D eigenvalue weighted by Gasteiger charge is -2.49. The second kappa shape index (κ2) is 4.00. The summed E-state index contributed by atoms with van der Waals surface area (Å²) in [5.41, 5.74) is 5.34. The Morgan fingerprint density at radius 1 is 1.44 bits per heavy atom. The molecule has 0 unspecified atom stereocenters. The number of hydrogen-bond acceptors (Lipinski definition) is 3. The highest BCUT2D eigenvalue weighted by molar-refractivity contribution is 5.84. The summed E-state index contributed by atoms with van der Waals surface area (Å²) >= 11 is 0. The Bertz CT molecular complexity index is 279. The summed E-state index contributed by atoms with van der Waals surface area (Å²) < 4.78 is 5.44. The van der Waals surface area contributed by atoms with Gasteiger partial charge in [0.25, 0.3) is 0 Å². The molecule has 4 nitrogen and oxygen atoms in total. The second-order valence-corrected chi connectivity index (χ2v) is 5.66. The maximum Gasteiger partial charge on any atom is 0.230 e. The summed E-state index contributed by atoms with van der Waals surface area (Å²) in [6.07, 6.45) is 3.04. The zero-order valence-electron chi connectivity index (χ0n) is 10.3. The van der Waals surface area contributed by atoms with Crippen LogP contribution in [-0.2, 0) is 9.53 Å². The fourth-order valence-corrected chi connectivity index (χ4v) is 2.63. The highest BCUT2D eigenvalue weighted by Crippen LogP contribution is 2.43. The first kappa shape index (κ1) is 11.9. The third-order valence-corrected chi connectivity index (χ3v) is 4.05. The molecule has 4 heteroatoms. The Hall–Kier alpha value is -0.610. The standard InChI is InChI=1S/C12H22N2O2/c1-11(2)9-16-7-6-14(11)10(15)12(8-13)4-3-5-12/h3-9,13H2,1-2H3. The van der Waals surface area contributed by atoms with Gasteiger partial charge in [-0.2, -0.15) is 0 Å². The van der Waals surface area contributed by atoms with Crippen molar-refractivity contribution in [2.45, 2.75) is 38.6 Å². The van der Waals surface area contributed by atoms with E-state index in [1.807, 2.05) is 4.90 Å². The molecule has 1 amide bonds. The van der Waals surface area contributed by atoms with Crippen LogP contribution >= 0.6 is 0 Å². The van der Waals surface area contributed by atoms with Crippen LogP contribution in [0.15, 0.2) is 0 Å². The number of nitrogens with zero attached hydrogens (tertiary/aromatic N) is 1. The number of nitrogens with two attached hydrogens (primary N) is 1. The van der Waals surface area contributed by atoms with E-state index in [9.17, 15) is 4.79 Å². The summed E-state index contributed by atoms with van der Waals surface area (Å²) in [4.78, 5) is 14.5. The zero-order valence-corrected chi connectivity index (χ0v) is 10.3. The van der Waals surface area contributed by atoms with Crippen LogP contribution in [0.4, 0.5) is 0 Å². The van der Waals surface area contributed by atoms with Gasteiger partial charge in [-0.3, -0.25) is 4.79 Å². The number of ether oxygens (including phenoxy) is 1. The van der Waals surface area contributed by atoms with Gasteiger partial charge in [-0.25, -0.2) is 0 Å². The van der Waals surface area contributed by atoms with Crippen LogP contribution in [0.1, 0.15) is 33.1 Å². The molecule has 0 atom stereocenters. The van der Waals surface area contributed by atoms with E-state index >= 15 is 0 Å². The van der Waals surface area contributed by atoms with Crippen LogP contribution in [0.25, 0.3) is 0 Å². The Morgan fingerprint density at radius 2 is 2.12 bits per heavy atom. The Morgan fingerprint density at radius 3 is 2.56 bits per heavy atom. The van der Waals surface area contributed by atoms with Crippen LogP contribution in [0, 0.1) is 5.41 Å². The van der Waals surface area contributed by atoms with Gasteiger partial charge >= 0.3 is 0 Å². The predicted molar refractivity (Wildman–Crippen MR) is 61.9 cm³/mol. The molecule has 0 aromatic carbocycles. The maximum absolute atomic E-state index is 12.5. The SMILES string of the molecule is CC1(C)COCCN1C(=O)C1(CN)CCC1. The molecule has 0 spiro atoms. The van der Waals surface area contributed by atoms with Gasteiger partial charge in [0.2, 0.25) is 5.91 Å². The van der Waals surface area contributed by atoms with Crippen LogP contribution in [0.2, 0.25) is 0 Å². The molecule has 0 bridgehead atoms. The maximum atomic E-state index is 12.5. The molecule has 1 aliphatic heterocycles. The van der Waals surface area contributed by atoms with Crippen LogP contribution in [0.3, 0.4) is 0 Å². The van der Waals surface area contributed by atoms with Gasteiger partial charge in [-0.1, -0.05) is 6.42 Å². The zero-order chi connectivity index (χ0) is 11.8. The van der Waals surface area contributed by atoms with Crippen molar-refractivity contribution in [3.8, 4) is 0 Å². The molecule has 2 N–H and O–H groups in total. The van der Waals surface area contributed by atoms with Crippen molar-refractivity contribution in [3.63, 3.8) is 0 Å². The molecule has 2 fully saturated rings. The van der Waals surface area contributed by atoms with E-state index < -0.39 is 0 Å². The second-order valence-electron chi connectivity index (χ2n) is 5.66. The average molecular weight is 226 g/mol. The van der Waals surface area contributed by atoms with Crippen LogP contribution in [0.5, 0.6) is 0 Å². The highest BCUT2D eigenvalue weighted by atomic mass is 16.5. The van der Waals surface area contributed by atoms with Gasteiger partial charge in [0.15, 0.2) is 0 Å². The largest absolute Gasteiger partial charge is 0.377 e. The number of rotatable bonds is 2. The molecule has 1 saturated heterocycles. The number of carbonyl (C=O) groups excluding carboxylic acids is 1. The molecular weight excluding hydrogens is 204 g/mol. The summed E-state index contributed by atoms with van der Waals surface area (Å²) in [5, 5.41) is 0. The van der Waals surface area contributed by atoms with Gasteiger partial charge in [0.05, 0.1) is 24.2 Å². The van der Waals surface area contributed by atoms with Crippen molar-refractivity contribution < 1.29 is 9.53 Å². The van der Waals surface area contributed by atoms with Gasteiger partial charge in [-0.15, -0.1) is 0 Å². The Balaban J connectivity index is 2.14. The first-order valence-electron chi connectivity index (χ1n) is 6.12. The summed E-state index contributed by atoms with van der Waals surface area (Å²) in [7, 11) is 0. The minimum Gasteiger partial charge on any atom is -0.377 e. The molecule has 2 aliphatic rings. The van der Waals surface area contributed by atoms with E-state index in [0.717, 1.165) is 19.3 Å². The fraction of sp³-hybridized carbons (Fsp3) is 0.917. The molecule has 0 aromatic heterocycles. The molecule has 1 heterocycles. The van der Waals surface area contributed by atoms with E-state index in [2.05, 4.69) is 13.8 Å². The quantitative estimate of drug-likeness (QED) is 0.756. The van der Waals surface area contributed by atoms with Crippen LogP contribution < -0.4 is 5.73 Å². The van der Waals surface area contributed by atoms with E-state index in [4.69, 9.17) is 10.5 Å². The van der Waals surface area contributed by atoms with Crippen molar-refractivity contribution in [2.75, 3.05) is 26.3 Å². The third-order valence-electron chi connectivity index (χ3n) is 4.05. The number of carbonyl (C=O) groups is 1. The molecule has 1 aliphatic carbocycles. The van der Waals surface area contributed by atoms with Gasteiger partial charge < -0.3 is 15.4 Å². The molecular formula is C12H22N2O2. The Labute approximate surface area is 97.1 Å². The van der Waals surface area contributed by atoms with Crippen molar-refractivity contribution >= 4 is 5.91 Å². The van der Waals surface area contributed by atoms with Crippen molar-refractivity contribution in [1.29, 1.82) is 0 Å². The monoisotopic (exact) mass is 226 g/mol. The fourth-order valence-electron chi connectivity index (χ4n) is 2.63. The number of amides is 1. The lowest BCUT2D eigenvalue weighted by Crippen LogP contribution is -2.62. The molecule has 0 aromatic rings. The minimum atomic E-state index is -0.255. The van der Waals surface area contributed by atoms with E-state index in [-0.39, 0.29) is 16.9 Å². The third kappa shape index (κ3) is 1.74. The summed E-state index contributed by atoms with van der Waals surface area (Å²) in [6, 6.07) is 0. The van der Waals surface area contributed by atoms with Crippen molar-refractivity contribution in [2.24, 2.45) is 11.1 Å². The molecule has 0 radical (unpaired) electrons. The molecule has 2 rings (SSSR count). The Kier molecular flexibility index (Phi) is 2.97. The smallest absolute Gasteiger partial charge is 0.230 e. The predicted octanol–water partition coefficient (Wildman–Crippen LogP) is 0.753. The molecule has 92 valence electrons. The highest BCUT2D eigenvalue weighted by Gasteiger charge is 2.48. The summed E-state index contributed by atoms with van der Waals surface area (Å²) in [5.74, 6) is 0.245. The first-order chi connectivity index (χ1) is 7.52. The molecule has 1 saturated carbocycles. The number of hydrogen-bond donors (Lipinski definition) is 1. The topological polar surface area (TPSA) is 55.6 Å². The van der Waals surface area contributed by atoms with Crippen LogP contribution in [-0.4, -0.2) is 42.6 Å². The number of morpholine rings is 1. The minimum absolute atomic E-state index is 0.187. The average Bonchev–Trinajstić information content (AvgIpc) is 2.16. The van der Waals surface area contributed by atoms with E-state index in [1.54, 1.807) is 0 Å². The van der Waals surface area contributed by atoms with Crippen molar-refractivity contribution in [3.05, 3.63) is 0 Å². The van der Waals surface area contributed by atoms with Gasteiger partial charge in [-0.05, 0) is 26.7 Å². The van der Waals surface area contributed by atoms with E-state index in [1.165, 1.54) is 0 Å².